The Morgan fingerprint density at radius 1 is 0.962 bits per heavy atom. The van der Waals surface area contributed by atoms with E-state index in [4.69, 9.17) is 5.11 Å². The van der Waals surface area contributed by atoms with Crippen LogP contribution in [0.4, 0.5) is 30.6 Å². The lowest BCUT2D eigenvalue weighted by atomic mass is 10.2. The van der Waals surface area contributed by atoms with E-state index in [0.29, 0.717) is 17.5 Å². The first-order valence-corrected chi connectivity index (χ1v) is 7.64. The molecule has 3 rings (SSSR count). The highest BCUT2D eigenvalue weighted by atomic mass is 19.2. The normalized spacial score (nSPS) is 10.6. The minimum absolute atomic E-state index is 0.0319. The molecule has 0 bridgehead atoms. The second-order valence-corrected chi connectivity index (χ2v) is 5.17. The van der Waals surface area contributed by atoms with Crippen molar-refractivity contribution >= 4 is 17.5 Å². The largest absolute Gasteiger partial charge is 0.395 e. The Morgan fingerprint density at radius 3 is 2.50 bits per heavy atom. The van der Waals surface area contributed by atoms with Crippen molar-refractivity contribution in [2.75, 3.05) is 23.8 Å². The van der Waals surface area contributed by atoms with Crippen LogP contribution in [0.15, 0.2) is 42.6 Å². The highest BCUT2D eigenvalue weighted by molar-refractivity contribution is 5.65. The number of anilines is 3. The minimum Gasteiger partial charge on any atom is -0.395 e. The summed E-state index contributed by atoms with van der Waals surface area (Å²) in [7, 11) is 0. The Bertz CT molecular complexity index is 908. The van der Waals surface area contributed by atoms with Crippen LogP contribution in [0.1, 0.15) is 0 Å². The Hall–Kier alpha value is -3.20. The van der Waals surface area contributed by atoms with Crippen molar-refractivity contribution in [2.24, 2.45) is 0 Å². The minimum atomic E-state index is -1.35. The molecule has 2 aromatic heterocycles. The van der Waals surface area contributed by atoms with Crippen LogP contribution >= 0.6 is 0 Å². The summed E-state index contributed by atoms with van der Waals surface area (Å²) in [6.07, 6.45) is 1.57. The van der Waals surface area contributed by atoms with E-state index in [1.165, 1.54) is 6.07 Å². The number of aliphatic hydroxyl groups is 1. The van der Waals surface area contributed by atoms with Gasteiger partial charge < -0.3 is 15.7 Å². The Morgan fingerprint density at radius 2 is 1.77 bits per heavy atom. The molecule has 0 atom stereocenters. The molecule has 0 radical (unpaired) electrons. The standard InChI is InChI=1S/C17H14F3N5O/c18-10-4-5-11(19)16(15(10)20)24-14-9-13(12-3-1-2-6-21-12)23-17(25-14)22-7-8-26/h1-6,9,26H,7-8H2,(H2,22,23,24,25). The fraction of sp³-hybridized carbons (Fsp3) is 0.118. The maximum atomic E-state index is 13.9. The van der Waals surface area contributed by atoms with Crippen LogP contribution in [0.25, 0.3) is 11.4 Å². The summed E-state index contributed by atoms with van der Waals surface area (Å²) in [4.78, 5) is 12.5. The number of rotatable bonds is 6. The first kappa shape index (κ1) is 17.6. The number of benzene rings is 1. The van der Waals surface area contributed by atoms with Crippen LogP contribution in [0.2, 0.25) is 0 Å². The monoisotopic (exact) mass is 361 g/mol. The van der Waals surface area contributed by atoms with E-state index in [-0.39, 0.29) is 24.9 Å². The van der Waals surface area contributed by atoms with Crippen LogP contribution in [-0.4, -0.2) is 33.2 Å². The van der Waals surface area contributed by atoms with E-state index in [9.17, 15) is 13.2 Å². The Labute approximate surface area is 146 Å². The molecule has 26 heavy (non-hydrogen) atoms. The molecule has 134 valence electrons. The highest BCUT2D eigenvalue weighted by Gasteiger charge is 2.16. The number of nitrogens with zero attached hydrogens (tertiary/aromatic N) is 3. The van der Waals surface area contributed by atoms with Crippen LogP contribution in [-0.2, 0) is 0 Å². The Kier molecular flexibility index (Phi) is 5.28. The van der Waals surface area contributed by atoms with Gasteiger partial charge in [0.15, 0.2) is 11.6 Å². The summed E-state index contributed by atoms with van der Waals surface area (Å²) in [5, 5.41) is 14.1. The number of halogens is 3. The lowest BCUT2D eigenvalue weighted by molar-refractivity contribution is 0.311. The van der Waals surface area contributed by atoms with E-state index in [2.05, 4.69) is 25.6 Å². The highest BCUT2D eigenvalue weighted by Crippen LogP contribution is 2.27. The van der Waals surface area contributed by atoms with Crippen molar-refractivity contribution in [2.45, 2.75) is 0 Å². The van der Waals surface area contributed by atoms with Gasteiger partial charge in [0.2, 0.25) is 5.95 Å². The van der Waals surface area contributed by atoms with E-state index in [1.807, 2.05) is 0 Å². The summed E-state index contributed by atoms with van der Waals surface area (Å²) >= 11 is 0. The molecule has 9 heteroatoms. The SMILES string of the molecule is OCCNc1nc(Nc2c(F)ccc(F)c2F)cc(-c2ccccn2)n1. The average molecular weight is 361 g/mol. The van der Waals surface area contributed by atoms with Crippen LogP contribution in [0, 0.1) is 17.5 Å². The molecule has 0 saturated carbocycles. The number of pyridine rings is 1. The first-order valence-electron chi connectivity index (χ1n) is 7.64. The zero-order chi connectivity index (χ0) is 18.5. The van der Waals surface area contributed by atoms with Crippen molar-refractivity contribution in [3.63, 3.8) is 0 Å². The van der Waals surface area contributed by atoms with Crippen molar-refractivity contribution in [1.82, 2.24) is 15.0 Å². The van der Waals surface area contributed by atoms with Gasteiger partial charge in [-0.3, -0.25) is 4.98 Å². The number of aromatic nitrogens is 3. The fourth-order valence-electron chi connectivity index (χ4n) is 2.17. The topological polar surface area (TPSA) is 83.0 Å². The van der Waals surface area contributed by atoms with Gasteiger partial charge in [-0.2, -0.15) is 4.98 Å². The molecule has 0 saturated heterocycles. The fourth-order valence-corrected chi connectivity index (χ4v) is 2.17. The zero-order valence-corrected chi connectivity index (χ0v) is 13.4. The van der Waals surface area contributed by atoms with Gasteiger partial charge in [-0.25, -0.2) is 18.2 Å². The molecule has 6 nitrogen and oxygen atoms in total. The summed E-state index contributed by atoms with van der Waals surface area (Å²) in [6, 6.07) is 8.12. The predicted octanol–water partition coefficient (Wildman–Crippen LogP) is 3.10. The van der Waals surface area contributed by atoms with Gasteiger partial charge in [0.25, 0.3) is 0 Å². The molecule has 3 N–H and O–H groups in total. The summed E-state index contributed by atoms with van der Waals surface area (Å²) < 4.78 is 41.1. The van der Waals surface area contributed by atoms with Gasteiger partial charge in [0, 0.05) is 18.8 Å². The molecule has 0 fully saturated rings. The molecule has 0 aliphatic rings. The molecule has 0 unspecified atom stereocenters. The third kappa shape index (κ3) is 3.89. The quantitative estimate of drug-likeness (QED) is 0.585. The van der Waals surface area contributed by atoms with Crippen LogP contribution in [0.3, 0.4) is 0 Å². The summed E-state index contributed by atoms with van der Waals surface area (Å²) in [5.74, 6) is -3.36. The second kappa shape index (κ2) is 7.79. The summed E-state index contributed by atoms with van der Waals surface area (Å²) in [6.45, 7) is 0.0148. The molecule has 1 aromatic carbocycles. The van der Waals surface area contributed by atoms with Gasteiger partial charge >= 0.3 is 0 Å². The predicted molar refractivity (Wildman–Crippen MR) is 90.4 cm³/mol. The molecule has 0 spiro atoms. The maximum Gasteiger partial charge on any atom is 0.225 e. The number of hydrogen-bond donors (Lipinski definition) is 3. The van der Waals surface area contributed by atoms with Gasteiger partial charge in [0.1, 0.15) is 17.3 Å². The summed E-state index contributed by atoms with van der Waals surface area (Å²) in [5.41, 5.74) is 0.217. The van der Waals surface area contributed by atoms with Crippen LogP contribution < -0.4 is 10.6 Å². The zero-order valence-electron chi connectivity index (χ0n) is 13.4. The number of aliphatic hydroxyl groups excluding tert-OH is 1. The van der Waals surface area contributed by atoms with Crippen molar-refractivity contribution in [1.29, 1.82) is 0 Å². The lowest BCUT2D eigenvalue weighted by Crippen LogP contribution is -2.11. The van der Waals surface area contributed by atoms with Gasteiger partial charge in [0.05, 0.1) is 18.0 Å². The third-order valence-corrected chi connectivity index (χ3v) is 3.35. The third-order valence-electron chi connectivity index (χ3n) is 3.35. The van der Waals surface area contributed by atoms with Crippen molar-refractivity contribution in [3.8, 4) is 11.4 Å². The molecule has 0 amide bonds. The molecular formula is C17H14F3N5O. The molecular weight excluding hydrogens is 347 g/mol. The molecule has 0 aliphatic heterocycles. The molecule has 0 aliphatic carbocycles. The average Bonchev–Trinajstić information content (AvgIpc) is 2.67. The van der Waals surface area contributed by atoms with E-state index < -0.39 is 23.1 Å². The lowest BCUT2D eigenvalue weighted by Gasteiger charge is -2.12. The Balaban J connectivity index is 2.02. The molecule has 2 heterocycles. The van der Waals surface area contributed by atoms with Crippen molar-refractivity contribution < 1.29 is 18.3 Å². The maximum absolute atomic E-state index is 13.9. The van der Waals surface area contributed by atoms with E-state index in [1.54, 1.807) is 24.4 Å². The molecule has 3 aromatic rings. The van der Waals surface area contributed by atoms with Gasteiger partial charge in [-0.05, 0) is 24.3 Å². The van der Waals surface area contributed by atoms with Crippen molar-refractivity contribution in [3.05, 3.63) is 60.0 Å². The van der Waals surface area contributed by atoms with Gasteiger partial charge in [-0.1, -0.05) is 6.07 Å². The van der Waals surface area contributed by atoms with E-state index >= 15 is 0 Å². The smallest absolute Gasteiger partial charge is 0.225 e. The second-order valence-electron chi connectivity index (χ2n) is 5.17. The van der Waals surface area contributed by atoms with Gasteiger partial charge in [-0.15, -0.1) is 0 Å². The number of hydrogen-bond acceptors (Lipinski definition) is 6. The van der Waals surface area contributed by atoms with E-state index in [0.717, 1.165) is 6.07 Å². The number of nitrogens with one attached hydrogen (secondary N) is 2. The first-order chi connectivity index (χ1) is 12.6. The van der Waals surface area contributed by atoms with Crippen LogP contribution in [0.5, 0.6) is 0 Å².